The van der Waals surface area contributed by atoms with Crippen molar-refractivity contribution >= 4 is 5.69 Å². The van der Waals surface area contributed by atoms with Crippen molar-refractivity contribution < 1.29 is 4.39 Å². The van der Waals surface area contributed by atoms with Crippen LogP contribution in [0.15, 0.2) is 24.3 Å². The van der Waals surface area contributed by atoms with E-state index in [0.29, 0.717) is 0 Å². The normalized spacial score (nSPS) is 13.4. The molecule has 3 heteroatoms. The molecule has 1 rings (SSSR count). The molecular formula is C15H25FN2. The zero-order valence-corrected chi connectivity index (χ0v) is 11.9. The van der Waals surface area contributed by atoms with Gasteiger partial charge in [-0.1, -0.05) is 26.8 Å². The topological polar surface area (TPSA) is 29.3 Å². The molecule has 0 aliphatic heterocycles. The Balaban J connectivity index is 2.44. The van der Waals surface area contributed by atoms with E-state index in [2.05, 4.69) is 20.8 Å². The van der Waals surface area contributed by atoms with Crippen molar-refractivity contribution in [3.05, 3.63) is 30.1 Å². The summed E-state index contributed by atoms with van der Waals surface area (Å²) in [7, 11) is 1.97. The summed E-state index contributed by atoms with van der Waals surface area (Å²) in [6.45, 7) is 7.44. The van der Waals surface area contributed by atoms with Crippen molar-refractivity contribution in [3.63, 3.8) is 0 Å². The number of nitrogens with two attached hydrogens (primary N) is 1. The van der Waals surface area contributed by atoms with Crippen molar-refractivity contribution in [2.45, 2.75) is 39.7 Å². The number of benzene rings is 1. The van der Waals surface area contributed by atoms with Crippen LogP contribution in [0.2, 0.25) is 0 Å². The van der Waals surface area contributed by atoms with Crippen molar-refractivity contribution in [3.8, 4) is 0 Å². The lowest BCUT2D eigenvalue weighted by molar-refractivity contribution is 0.332. The van der Waals surface area contributed by atoms with Crippen LogP contribution in [0.25, 0.3) is 0 Å². The molecule has 0 bridgehead atoms. The summed E-state index contributed by atoms with van der Waals surface area (Å²) in [6, 6.07) is 6.85. The molecule has 0 saturated carbocycles. The van der Waals surface area contributed by atoms with Gasteiger partial charge in [-0.2, -0.15) is 0 Å². The van der Waals surface area contributed by atoms with E-state index in [9.17, 15) is 4.39 Å². The Hall–Kier alpha value is -1.09. The van der Waals surface area contributed by atoms with Crippen LogP contribution in [0, 0.1) is 11.2 Å². The molecule has 0 aromatic heterocycles. The zero-order chi connectivity index (χ0) is 13.8. The van der Waals surface area contributed by atoms with E-state index in [4.69, 9.17) is 5.73 Å². The van der Waals surface area contributed by atoms with E-state index in [1.165, 1.54) is 6.07 Å². The molecule has 2 nitrogen and oxygen atoms in total. The first-order chi connectivity index (χ1) is 8.28. The van der Waals surface area contributed by atoms with Crippen molar-refractivity contribution in [1.29, 1.82) is 0 Å². The third-order valence-corrected chi connectivity index (χ3v) is 2.96. The van der Waals surface area contributed by atoms with Gasteiger partial charge in [0.1, 0.15) is 5.82 Å². The molecule has 0 aliphatic rings. The minimum Gasteiger partial charge on any atom is -0.374 e. The van der Waals surface area contributed by atoms with E-state index in [1.807, 2.05) is 18.0 Å². The Morgan fingerprint density at radius 3 is 2.56 bits per heavy atom. The van der Waals surface area contributed by atoms with Gasteiger partial charge in [-0.25, -0.2) is 4.39 Å². The molecule has 0 heterocycles. The second kappa shape index (κ2) is 6.19. The Kier molecular flexibility index (Phi) is 5.15. The summed E-state index contributed by atoms with van der Waals surface area (Å²) in [6.07, 6.45) is 1.92. The van der Waals surface area contributed by atoms with E-state index in [0.717, 1.165) is 25.1 Å². The van der Waals surface area contributed by atoms with Crippen LogP contribution in [0.5, 0.6) is 0 Å². The molecule has 1 unspecified atom stereocenters. The molecule has 0 saturated heterocycles. The standard InChI is InChI=1S/C15H25FN2/c1-15(2,3)11-13(17)8-9-18(4)14-7-5-6-12(16)10-14/h5-7,10,13H,8-9,11,17H2,1-4H3. The Bertz CT molecular complexity index is 371. The number of anilines is 1. The molecule has 102 valence electrons. The largest absolute Gasteiger partial charge is 0.374 e. The summed E-state index contributed by atoms with van der Waals surface area (Å²) in [5, 5.41) is 0. The van der Waals surface area contributed by atoms with Gasteiger partial charge in [0.2, 0.25) is 0 Å². The van der Waals surface area contributed by atoms with Crippen molar-refractivity contribution in [1.82, 2.24) is 0 Å². The highest BCUT2D eigenvalue weighted by Crippen LogP contribution is 2.21. The van der Waals surface area contributed by atoms with Gasteiger partial charge in [-0.05, 0) is 36.5 Å². The lowest BCUT2D eigenvalue weighted by Crippen LogP contribution is -2.31. The molecule has 0 fully saturated rings. The summed E-state index contributed by atoms with van der Waals surface area (Å²) >= 11 is 0. The molecule has 1 aromatic carbocycles. The maximum Gasteiger partial charge on any atom is 0.125 e. The number of hydrogen-bond donors (Lipinski definition) is 1. The summed E-state index contributed by atoms with van der Waals surface area (Å²) < 4.78 is 13.1. The summed E-state index contributed by atoms with van der Waals surface area (Å²) in [4.78, 5) is 2.05. The molecule has 0 aliphatic carbocycles. The maximum absolute atomic E-state index is 13.1. The van der Waals surface area contributed by atoms with E-state index in [1.54, 1.807) is 12.1 Å². The average molecular weight is 252 g/mol. The Morgan fingerprint density at radius 2 is 2.00 bits per heavy atom. The van der Waals surface area contributed by atoms with Gasteiger partial charge < -0.3 is 10.6 Å². The van der Waals surface area contributed by atoms with Crippen LogP contribution < -0.4 is 10.6 Å². The first-order valence-electron chi connectivity index (χ1n) is 6.50. The molecule has 0 radical (unpaired) electrons. The van der Waals surface area contributed by atoms with Crippen LogP contribution in [-0.2, 0) is 0 Å². The lowest BCUT2D eigenvalue weighted by atomic mass is 9.87. The Morgan fingerprint density at radius 1 is 1.33 bits per heavy atom. The van der Waals surface area contributed by atoms with Gasteiger partial charge in [0.05, 0.1) is 0 Å². The third kappa shape index (κ3) is 5.50. The summed E-state index contributed by atoms with van der Waals surface area (Å²) in [5.41, 5.74) is 7.28. The first kappa shape index (κ1) is 15.0. The first-order valence-corrected chi connectivity index (χ1v) is 6.50. The molecule has 1 atom stereocenters. The number of nitrogens with zero attached hydrogens (tertiary/aromatic N) is 1. The smallest absolute Gasteiger partial charge is 0.125 e. The van der Waals surface area contributed by atoms with Gasteiger partial charge >= 0.3 is 0 Å². The van der Waals surface area contributed by atoms with E-state index >= 15 is 0 Å². The van der Waals surface area contributed by atoms with E-state index in [-0.39, 0.29) is 17.3 Å². The SMILES string of the molecule is CN(CCC(N)CC(C)(C)C)c1cccc(F)c1. The van der Waals surface area contributed by atoms with Gasteiger partial charge in [0, 0.05) is 25.3 Å². The van der Waals surface area contributed by atoms with Crippen LogP contribution in [-0.4, -0.2) is 19.6 Å². The van der Waals surface area contributed by atoms with Gasteiger partial charge in [0.25, 0.3) is 0 Å². The van der Waals surface area contributed by atoms with Gasteiger partial charge in [-0.15, -0.1) is 0 Å². The molecular weight excluding hydrogens is 227 g/mol. The minimum atomic E-state index is -0.196. The highest BCUT2D eigenvalue weighted by atomic mass is 19.1. The van der Waals surface area contributed by atoms with Crippen LogP contribution >= 0.6 is 0 Å². The highest BCUT2D eigenvalue weighted by molar-refractivity contribution is 5.45. The second-order valence-corrected chi connectivity index (χ2v) is 6.21. The molecule has 1 aromatic rings. The predicted molar refractivity (Wildman–Crippen MR) is 76.3 cm³/mol. The zero-order valence-electron chi connectivity index (χ0n) is 11.9. The average Bonchev–Trinajstić information content (AvgIpc) is 2.23. The van der Waals surface area contributed by atoms with Crippen LogP contribution in [0.3, 0.4) is 0 Å². The van der Waals surface area contributed by atoms with Gasteiger partial charge in [-0.3, -0.25) is 0 Å². The maximum atomic E-state index is 13.1. The van der Waals surface area contributed by atoms with E-state index < -0.39 is 0 Å². The van der Waals surface area contributed by atoms with Gasteiger partial charge in [0.15, 0.2) is 0 Å². The van der Waals surface area contributed by atoms with Crippen LogP contribution in [0.1, 0.15) is 33.6 Å². The number of rotatable bonds is 5. The second-order valence-electron chi connectivity index (χ2n) is 6.21. The van der Waals surface area contributed by atoms with Crippen molar-refractivity contribution in [2.75, 3.05) is 18.5 Å². The minimum absolute atomic E-state index is 0.195. The summed E-state index contributed by atoms with van der Waals surface area (Å²) in [5.74, 6) is -0.196. The molecule has 0 amide bonds. The molecule has 2 N–H and O–H groups in total. The van der Waals surface area contributed by atoms with Crippen LogP contribution in [0.4, 0.5) is 10.1 Å². The fraction of sp³-hybridized carbons (Fsp3) is 0.600. The molecule has 18 heavy (non-hydrogen) atoms. The fourth-order valence-corrected chi connectivity index (χ4v) is 2.09. The number of hydrogen-bond acceptors (Lipinski definition) is 2. The lowest BCUT2D eigenvalue weighted by Gasteiger charge is -2.26. The quantitative estimate of drug-likeness (QED) is 0.870. The monoisotopic (exact) mass is 252 g/mol. The molecule has 0 spiro atoms. The third-order valence-electron chi connectivity index (χ3n) is 2.96. The predicted octanol–water partition coefficient (Wildman–Crippen LogP) is 3.42. The fourth-order valence-electron chi connectivity index (χ4n) is 2.09. The Labute approximate surface area is 110 Å². The van der Waals surface area contributed by atoms with Crippen molar-refractivity contribution in [2.24, 2.45) is 11.1 Å². The number of halogens is 1. The highest BCUT2D eigenvalue weighted by Gasteiger charge is 2.16.